The number of nitrogens with one attached hydrogen (secondary N) is 2. The number of benzene rings is 1. The minimum atomic E-state index is -0.408. The van der Waals surface area contributed by atoms with E-state index in [-0.39, 0.29) is 12.0 Å². The summed E-state index contributed by atoms with van der Waals surface area (Å²) in [5, 5.41) is 6.30. The van der Waals surface area contributed by atoms with Crippen LogP contribution in [0.2, 0.25) is 0 Å². The van der Waals surface area contributed by atoms with Crippen molar-refractivity contribution in [3.8, 4) is 0 Å². The third-order valence-corrected chi connectivity index (χ3v) is 3.77. The van der Waals surface area contributed by atoms with Gasteiger partial charge in [-0.05, 0) is 30.9 Å². The minimum absolute atomic E-state index is 0.0190. The van der Waals surface area contributed by atoms with Crippen molar-refractivity contribution in [1.29, 1.82) is 0 Å². The lowest BCUT2D eigenvalue weighted by atomic mass is 10.0. The van der Waals surface area contributed by atoms with Crippen LogP contribution in [0.5, 0.6) is 0 Å². The molecule has 0 radical (unpaired) electrons. The van der Waals surface area contributed by atoms with Crippen molar-refractivity contribution in [2.24, 2.45) is 5.92 Å². The van der Waals surface area contributed by atoms with Crippen molar-refractivity contribution < 1.29 is 9.53 Å². The molecule has 0 aliphatic carbocycles. The molecule has 1 amide bonds. The third kappa shape index (κ3) is 4.74. The van der Waals surface area contributed by atoms with Gasteiger partial charge in [0.05, 0.1) is 6.10 Å². The molecule has 116 valence electrons. The first kappa shape index (κ1) is 15.8. The maximum Gasteiger partial charge on any atom is 0.248 e. The fraction of sp³-hybridized carbons (Fsp3) is 0.588. The van der Waals surface area contributed by atoms with E-state index in [2.05, 4.69) is 36.6 Å². The molecule has 0 fully saturated rings. The molecule has 0 bridgehead atoms. The quantitative estimate of drug-likeness (QED) is 0.846. The standard InChI is InChI=1S/C17H26N2O2/c1-12(2)8-9-18-17(20)13(3)21-15-10-14-6-4-5-7-16(14)19-11-15/h4-7,12-13,15,19H,8-11H2,1-3H3,(H,18,20). The molecule has 1 aromatic carbocycles. The number of ether oxygens (including phenoxy) is 1. The van der Waals surface area contributed by atoms with Gasteiger partial charge in [0.15, 0.2) is 0 Å². The number of anilines is 1. The van der Waals surface area contributed by atoms with Crippen molar-refractivity contribution in [3.05, 3.63) is 29.8 Å². The first-order chi connectivity index (χ1) is 10.1. The molecular formula is C17H26N2O2. The highest BCUT2D eigenvalue weighted by molar-refractivity contribution is 5.80. The van der Waals surface area contributed by atoms with Gasteiger partial charge in [0.25, 0.3) is 0 Å². The Morgan fingerprint density at radius 3 is 2.90 bits per heavy atom. The number of para-hydroxylation sites is 1. The molecule has 1 heterocycles. The normalized spacial score (nSPS) is 18.8. The van der Waals surface area contributed by atoms with Gasteiger partial charge in [-0.15, -0.1) is 0 Å². The molecule has 0 saturated carbocycles. The van der Waals surface area contributed by atoms with Gasteiger partial charge in [-0.1, -0.05) is 32.0 Å². The SMILES string of the molecule is CC(C)CCNC(=O)C(C)OC1CNc2ccccc2C1. The van der Waals surface area contributed by atoms with E-state index >= 15 is 0 Å². The van der Waals surface area contributed by atoms with Crippen LogP contribution in [-0.2, 0) is 16.0 Å². The summed E-state index contributed by atoms with van der Waals surface area (Å²) in [5.41, 5.74) is 2.42. The van der Waals surface area contributed by atoms with Crippen LogP contribution in [-0.4, -0.2) is 31.2 Å². The summed E-state index contributed by atoms with van der Waals surface area (Å²) in [6.45, 7) is 7.59. The van der Waals surface area contributed by atoms with Crippen molar-refractivity contribution >= 4 is 11.6 Å². The molecule has 2 unspecified atom stereocenters. The summed E-state index contributed by atoms with van der Waals surface area (Å²) >= 11 is 0. The average Bonchev–Trinajstić information content (AvgIpc) is 2.46. The van der Waals surface area contributed by atoms with Crippen LogP contribution < -0.4 is 10.6 Å². The Balaban J connectivity index is 1.78. The summed E-state index contributed by atoms with van der Waals surface area (Å²) in [4.78, 5) is 12.0. The summed E-state index contributed by atoms with van der Waals surface area (Å²) in [6.07, 6.45) is 1.49. The Morgan fingerprint density at radius 1 is 1.38 bits per heavy atom. The van der Waals surface area contributed by atoms with Crippen molar-refractivity contribution in [1.82, 2.24) is 5.32 Å². The summed E-state index contributed by atoms with van der Waals surface area (Å²) in [7, 11) is 0. The number of hydrogen-bond acceptors (Lipinski definition) is 3. The lowest BCUT2D eigenvalue weighted by molar-refractivity contribution is -0.134. The van der Waals surface area contributed by atoms with E-state index in [9.17, 15) is 4.79 Å². The molecule has 4 nitrogen and oxygen atoms in total. The van der Waals surface area contributed by atoms with Crippen molar-refractivity contribution in [2.45, 2.75) is 45.8 Å². The highest BCUT2D eigenvalue weighted by Gasteiger charge is 2.23. The molecule has 2 rings (SSSR count). The highest BCUT2D eigenvalue weighted by atomic mass is 16.5. The average molecular weight is 290 g/mol. The fourth-order valence-corrected chi connectivity index (χ4v) is 2.49. The molecule has 0 saturated heterocycles. The largest absolute Gasteiger partial charge is 0.382 e. The zero-order valence-corrected chi connectivity index (χ0v) is 13.2. The Morgan fingerprint density at radius 2 is 2.14 bits per heavy atom. The van der Waals surface area contributed by atoms with Crippen LogP contribution in [0.1, 0.15) is 32.8 Å². The molecular weight excluding hydrogens is 264 g/mol. The topological polar surface area (TPSA) is 50.4 Å². The summed E-state index contributed by atoms with van der Waals surface area (Å²) in [5.74, 6) is 0.579. The molecule has 0 spiro atoms. The number of amides is 1. The van der Waals surface area contributed by atoms with Gasteiger partial charge in [-0.3, -0.25) is 4.79 Å². The van der Waals surface area contributed by atoms with Crippen LogP contribution in [0.15, 0.2) is 24.3 Å². The first-order valence-corrected chi connectivity index (χ1v) is 7.81. The number of hydrogen-bond donors (Lipinski definition) is 2. The summed E-state index contributed by atoms with van der Waals surface area (Å²) < 4.78 is 5.89. The smallest absolute Gasteiger partial charge is 0.248 e. The first-order valence-electron chi connectivity index (χ1n) is 7.81. The second-order valence-corrected chi connectivity index (χ2v) is 6.12. The monoisotopic (exact) mass is 290 g/mol. The molecule has 1 aliphatic heterocycles. The van der Waals surface area contributed by atoms with Crippen LogP contribution in [0, 0.1) is 5.92 Å². The van der Waals surface area contributed by atoms with E-state index in [1.54, 1.807) is 0 Å². The molecule has 1 aromatic rings. The zero-order chi connectivity index (χ0) is 15.2. The van der Waals surface area contributed by atoms with E-state index in [1.807, 2.05) is 19.1 Å². The molecule has 0 aromatic heterocycles. The van der Waals surface area contributed by atoms with E-state index < -0.39 is 6.10 Å². The van der Waals surface area contributed by atoms with Crippen molar-refractivity contribution in [2.75, 3.05) is 18.4 Å². The Kier molecular flexibility index (Phi) is 5.62. The summed E-state index contributed by atoms with van der Waals surface area (Å²) in [6, 6.07) is 8.24. The molecule has 2 N–H and O–H groups in total. The van der Waals surface area contributed by atoms with Gasteiger partial charge in [0.1, 0.15) is 6.10 Å². The molecule has 21 heavy (non-hydrogen) atoms. The molecule has 1 aliphatic rings. The lowest BCUT2D eigenvalue weighted by Gasteiger charge is -2.28. The molecule has 2 atom stereocenters. The number of carbonyl (C=O) groups is 1. The van der Waals surface area contributed by atoms with Gasteiger partial charge >= 0.3 is 0 Å². The highest BCUT2D eigenvalue weighted by Crippen LogP contribution is 2.23. The van der Waals surface area contributed by atoms with Crippen LogP contribution in [0.4, 0.5) is 5.69 Å². The Labute approximate surface area is 127 Å². The van der Waals surface area contributed by atoms with Crippen LogP contribution >= 0.6 is 0 Å². The lowest BCUT2D eigenvalue weighted by Crippen LogP contribution is -2.41. The number of fused-ring (bicyclic) bond motifs is 1. The maximum absolute atomic E-state index is 12.0. The predicted molar refractivity (Wildman–Crippen MR) is 85.4 cm³/mol. The van der Waals surface area contributed by atoms with Gasteiger partial charge in [-0.25, -0.2) is 0 Å². The minimum Gasteiger partial charge on any atom is -0.382 e. The third-order valence-electron chi connectivity index (χ3n) is 3.77. The van der Waals surface area contributed by atoms with Gasteiger partial charge in [0, 0.05) is 25.2 Å². The van der Waals surface area contributed by atoms with Gasteiger partial charge < -0.3 is 15.4 Å². The number of carbonyl (C=O) groups excluding carboxylic acids is 1. The van der Waals surface area contributed by atoms with E-state index in [4.69, 9.17) is 4.74 Å². The van der Waals surface area contributed by atoms with Crippen LogP contribution in [0.25, 0.3) is 0 Å². The maximum atomic E-state index is 12.0. The molecule has 4 heteroatoms. The van der Waals surface area contributed by atoms with E-state index in [0.717, 1.165) is 25.9 Å². The second-order valence-electron chi connectivity index (χ2n) is 6.12. The zero-order valence-electron chi connectivity index (χ0n) is 13.2. The fourth-order valence-electron chi connectivity index (χ4n) is 2.49. The van der Waals surface area contributed by atoms with E-state index in [1.165, 1.54) is 11.3 Å². The van der Waals surface area contributed by atoms with Crippen molar-refractivity contribution in [3.63, 3.8) is 0 Å². The number of rotatable bonds is 6. The second kappa shape index (κ2) is 7.46. The Hall–Kier alpha value is -1.55. The van der Waals surface area contributed by atoms with Crippen LogP contribution in [0.3, 0.4) is 0 Å². The van der Waals surface area contributed by atoms with E-state index in [0.29, 0.717) is 5.92 Å². The Bertz CT molecular complexity index is 474. The predicted octanol–water partition coefficient (Wildman–Crippen LogP) is 2.59. The van der Waals surface area contributed by atoms with Gasteiger partial charge in [-0.2, -0.15) is 0 Å². The van der Waals surface area contributed by atoms with Gasteiger partial charge in [0.2, 0.25) is 5.91 Å².